The zero-order valence-electron chi connectivity index (χ0n) is 16.5. The molecule has 5 rings (SSSR count). The smallest absolute Gasteiger partial charge is 0.374 e. The molecule has 7 heteroatoms. The molecule has 3 aliphatic rings. The van der Waals surface area contributed by atoms with Crippen molar-refractivity contribution in [1.82, 2.24) is 9.78 Å². The normalized spacial score (nSPS) is 22.4. The van der Waals surface area contributed by atoms with Gasteiger partial charge in [-0.3, -0.25) is 4.68 Å². The van der Waals surface area contributed by atoms with Crippen LogP contribution in [0.3, 0.4) is 0 Å². The fourth-order valence-corrected chi connectivity index (χ4v) is 4.79. The van der Waals surface area contributed by atoms with Gasteiger partial charge in [0.2, 0.25) is 5.76 Å². The van der Waals surface area contributed by atoms with Gasteiger partial charge in [0.15, 0.2) is 0 Å². The molecule has 3 heterocycles. The van der Waals surface area contributed by atoms with Gasteiger partial charge in [0, 0.05) is 34.7 Å². The Balaban J connectivity index is 1.54. The maximum Gasteiger partial charge on any atom is 0.374 e. The summed E-state index contributed by atoms with van der Waals surface area (Å²) in [7, 11) is 0. The monoisotopic (exact) mass is 386 g/mol. The molecule has 1 atom stereocenters. The maximum atomic E-state index is 12.3. The summed E-state index contributed by atoms with van der Waals surface area (Å²) in [4.78, 5) is 12.3. The number of furan rings is 1. The van der Waals surface area contributed by atoms with Gasteiger partial charge < -0.3 is 18.6 Å². The SMILES string of the molecule is CCOC(=O)c1oc2c(c1C)-c1nn(C[C@H]3COCCO3)cc1C1(CCC1)C2. The van der Waals surface area contributed by atoms with Crippen LogP contribution in [0.25, 0.3) is 11.3 Å². The van der Waals surface area contributed by atoms with E-state index in [1.807, 2.05) is 11.6 Å². The van der Waals surface area contributed by atoms with E-state index in [2.05, 4.69) is 6.20 Å². The van der Waals surface area contributed by atoms with E-state index >= 15 is 0 Å². The minimum absolute atomic E-state index is 0.0208. The Bertz CT molecular complexity index is 902. The topological polar surface area (TPSA) is 75.7 Å². The van der Waals surface area contributed by atoms with Crippen LogP contribution in [0.2, 0.25) is 0 Å². The first-order valence-electron chi connectivity index (χ1n) is 10.2. The summed E-state index contributed by atoms with van der Waals surface area (Å²) in [6, 6.07) is 0. The van der Waals surface area contributed by atoms with E-state index in [0.717, 1.165) is 41.8 Å². The molecule has 28 heavy (non-hydrogen) atoms. The quantitative estimate of drug-likeness (QED) is 0.752. The first kappa shape index (κ1) is 17.9. The molecule has 1 spiro atoms. The second kappa shape index (κ2) is 6.74. The summed E-state index contributed by atoms with van der Waals surface area (Å²) in [5.74, 6) is 0.786. The van der Waals surface area contributed by atoms with Gasteiger partial charge in [0.25, 0.3) is 0 Å². The number of nitrogens with zero attached hydrogens (tertiary/aromatic N) is 2. The summed E-state index contributed by atoms with van der Waals surface area (Å²) < 4.78 is 24.5. The molecule has 1 saturated carbocycles. The first-order chi connectivity index (χ1) is 13.6. The highest BCUT2D eigenvalue weighted by atomic mass is 16.6. The third-order valence-corrected chi connectivity index (χ3v) is 6.34. The molecular formula is C21H26N2O5. The Labute approximate surface area is 163 Å². The second-order valence-corrected chi connectivity index (χ2v) is 8.07. The number of rotatable bonds is 4. The molecule has 2 aliphatic carbocycles. The minimum Gasteiger partial charge on any atom is -0.460 e. The van der Waals surface area contributed by atoms with Crippen LogP contribution in [0.5, 0.6) is 0 Å². The predicted octanol–water partition coefficient (Wildman–Crippen LogP) is 3.02. The average molecular weight is 386 g/mol. The van der Waals surface area contributed by atoms with E-state index in [1.165, 1.54) is 12.0 Å². The molecule has 2 aromatic heterocycles. The lowest BCUT2D eigenvalue weighted by Crippen LogP contribution is -2.38. The summed E-state index contributed by atoms with van der Waals surface area (Å²) in [5, 5.41) is 4.91. The lowest BCUT2D eigenvalue weighted by atomic mass is 9.59. The van der Waals surface area contributed by atoms with Crippen LogP contribution in [-0.2, 0) is 32.6 Å². The fraction of sp³-hybridized carbons (Fsp3) is 0.619. The molecule has 150 valence electrons. The van der Waals surface area contributed by atoms with Gasteiger partial charge in [-0.1, -0.05) is 6.42 Å². The molecule has 2 fully saturated rings. The predicted molar refractivity (Wildman–Crippen MR) is 100 cm³/mol. The molecule has 0 bridgehead atoms. The van der Waals surface area contributed by atoms with Crippen molar-refractivity contribution in [2.45, 2.75) is 57.6 Å². The molecule has 2 aromatic rings. The van der Waals surface area contributed by atoms with Crippen molar-refractivity contribution in [3.8, 4) is 11.3 Å². The molecule has 0 aromatic carbocycles. The van der Waals surface area contributed by atoms with Gasteiger partial charge in [-0.25, -0.2) is 4.79 Å². The van der Waals surface area contributed by atoms with Gasteiger partial charge in [0.1, 0.15) is 11.9 Å². The second-order valence-electron chi connectivity index (χ2n) is 8.07. The molecule has 7 nitrogen and oxygen atoms in total. The van der Waals surface area contributed by atoms with Gasteiger partial charge in [0.05, 0.1) is 38.7 Å². The number of ether oxygens (including phenoxy) is 3. The van der Waals surface area contributed by atoms with Crippen molar-refractivity contribution >= 4 is 5.97 Å². The molecule has 0 N–H and O–H groups in total. The highest BCUT2D eigenvalue weighted by molar-refractivity contribution is 5.92. The molecule has 0 amide bonds. The summed E-state index contributed by atoms with van der Waals surface area (Å²) in [5.41, 5.74) is 4.11. The van der Waals surface area contributed by atoms with Crippen LogP contribution in [-0.4, -0.2) is 48.3 Å². The zero-order chi connectivity index (χ0) is 19.3. The number of fused-ring (bicyclic) bond motifs is 4. The third-order valence-electron chi connectivity index (χ3n) is 6.34. The third kappa shape index (κ3) is 2.71. The number of hydrogen-bond acceptors (Lipinski definition) is 6. The molecule has 1 aliphatic heterocycles. The fourth-order valence-electron chi connectivity index (χ4n) is 4.79. The molecule has 0 unspecified atom stereocenters. The minimum atomic E-state index is -0.397. The Morgan fingerprint density at radius 3 is 2.93 bits per heavy atom. The van der Waals surface area contributed by atoms with Crippen LogP contribution in [0.4, 0.5) is 0 Å². The lowest BCUT2D eigenvalue weighted by Gasteiger charge is -2.43. The Kier molecular flexibility index (Phi) is 4.32. The van der Waals surface area contributed by atoms with E-state index < -0.39 is 5.97 Å². The molecular weight excluding hydrogens is 360 g/mol. The standard InChI is InChI=1S/C21H26N2O5/c1-3-26-20(24)19-13(2)17-16(28-19)9-21(5-4-6-21)15-11-23(22-18(15)17)10-14-12-25-7-8-27-14/h11,14H,3-10,12H2,1-2H3/t14-/m0/s1. The van der Waals surface area contributed by atoms with Crippen molar-refractivity contribution in [2.75, 3.05) is 26.4 Å². The zero-order valence-corrected chi connectivity index (χ0v) is 16.5. The Morgan fingerprint density at radius 2 is 2.25 bits per heavy atom. The van der Waals surface area contributed by atoms with Crippen LogP contribution in [0.1, 0.15) is 53.6 Å². The van der Waals surface area contributed by atoms with Crippen molar-refractivity contribution in [1.29, 1.82) is 0 Å². The first-order valence-corrected chi connectivity index (χ1v) is 10.2. The molecule has 1 saturated heterocycles. The maximum absolute atomic E-state index is 12.3. The number of esters is 1. The van der Waals surface area contributed by atoms with Crippen LogP contribution in [0, 0.1) is 6.92 Å². The Morgan fingerprint density at radius 1 is 1.39 bits per heavy atom. The van der Waals surface area contributed by atoms with Gasteiger partial charge in [-0.05, 0) is 26.7 Å². The average Bonchev–Trinajstić information content (AvgIpc) is 3.21. The van der Waals surface area contributed by atoms with Crippen LogP contribution < -0.4 is 0 Å². The summed E-state index contributed by atoms with van der Waals surface area (Å²) in [6.07, 6.45) is 6.48. The van der Waals surface area contributed by atoms with Crippen molar-refractivity contribution in [2.24, 2.45) is 0 Å². The van der Waals surface area contributed by atoms with Gasteiger partial charge >= 0.3 is 5.97 Å². The van der Waals surface area contributed by atoms with E-state index in [0.29, 0.717) is 38.7 Å². The Hall–Kier alpha value is -2.12. The van der Waals surface area contributed by atoms with Crippen LogP contribution >= 0.6 is 0 Å². The van der Waals surface area contributed by atoms with E-state index in [-0.39, 0.29) is 11.5 Å². The highest BCUT2D eigenvalue weighted by Crippen LogP contribution is 2.54. The van der Waals surface area contributed by atoms with E-state index in [1.54, 1.807) is 6.92 Å². The largest absolute Gasteiger partial charge is 0.460 e. The van der Waals surface area contributed by atoms with E-state index in [4.69, 9.17) is 23.7 Å². The van der Waals surface area contributed by atoms with E-state index in [9.17, 15) is 4.79 Å². The highest BCUT2D eigenvalue weighted by Gasteiger charge is 2.48. The van der Waals surface area contributed by atoms with Crippen LogP contribution in [0.15, 0.2) is 10.6 Å². The lowest BCUT2D eigenvalue weighted by molar-refractivity contribution is -0.0946. The molecule has 0 radical (unpaired) electrons. The van der Waals surface area contributed by atoms with Gasteiger partial charge in [-0.2, -0.15) is 5.10 Å². The van der Waals surface area contributed by atoms with Gasteiger partial charge in [-0.15, -0.1) is 0 Å². The number of hydrogen-bond donors (Lipinski definition) is 0. The van der Waals surface area contributed by atoms with Crippen molar-refractivity contribution in [3.63, 3.8) is 0 Å². The number of carbonyl (C=O) groups excluding carboxylic acids is 1. The summed E-state index contributed by atoms with van der Waals surface area (Å²) in [6.45, 7) is 6.60. The summed E-state index contributed by atoms with van der Waals surface area (Å²) >= 11 is 0. The number of carbonyl (C=O) groups is 1. The van der Waals surface area contributed by atoms with Crippen molar-refractivity contribution < 1.29 is 23.4 Å². The van der Waals surface area contributed by atoms with Crippen molar-refractivity contribution in [3.05, 3.63) is 28.8 Å². The number of aromatic nitrogens is 2.